The summed E-state index contributed by atoms with van der Waals surface area (Å²) in [7, 11) is 2.61. The van der Waals surface area contributed by atoms with Crippen LogP contribution in [0, 0.1) is 0 Å². The molecule has 2 rings (SSSR count). The monoisotopic (exact) mass is 544 g/mol. The Bertz CT molecular complexity index is 759. The minimum Gasteiger partial charge on any atom is -0.494 e. The highest BCUT2D eigenvalue weighted by Gasteiger charge is 2.31. The lowest BCUT2D eigenvalue weighted by Gasteiger charge is -2.20. The predicted octanol–water partition coefficient (Wildman–Crippen LogP) is 2.71. The molecule has 1 amide bonds. The fraction of sp³-hybridized carbons (Fsp3) is 0.579. The Balaban J connectivity index is 0.00000450. The van der Waals surface area contributed by atoms with E-state index in [2.05, 4.69) is 15.6 Å². The van der Waals surface area contributed by atoms with Crippen molar-refractivity contribution in [1.82, 2.24) is 15.5 Å². The summed E-state index contributed by atoms with van der Waals surface area (Å²) in [5, 5.41) is 5.77. The van der Waals surface area contributed by atoms with Crippen LogP contribution in [-0.4, -0.2) is 62.8 Å². The van der Waals surface area contributed by atoms with Gasteiger partial charge in [0.2, 0.25) is 5.91 Å². The van der Waals surface area contributed by atoms with E-state index in [0.29, 0.717) is 18.1 Å². The van der Waals surface area contributed by atoms with E-state index in [1.807, 2.05) is 26.0 Å². The zero-order valence-corrected chi connectivity index (χ0v) is 19.8. The molecule has 2 N–H and O–H groups in total. The van der Waals surface area contributed by atoms with Gasteiger partial charge in [-0.25, -0.2) is 0 Å². The summed E-state index contributed by atoms with van der Waals surface area (Å²) in [6.07, 6.45) is -3.51. The molecule has 1 unspecified atom stereocenters. The molecule has 170 valence electrons. The van der Waals surface area contributed by atoms with E-state index < -0.39 is 18.6 Å². The van der Waals surface area contributed by atoms with Crippen molar-refractivity contribution in [2.45, 2.75) is 39.1 Å². The van der Waals surface area contributed by atoms with Crippen LogP contribution in [0.4, 0.5) is 13.2 Å². The molecule has 1 atom stereocenters. The molecule has 0 fully saturated rings. The number of guanidine groups is 1. The summed E-state index contributed by atoms with van der Waals surface area (Å²) in [5.74, 6) is 1.13. The molecule has 0 saturated heterocycles. The summed E-state index contributed by atoms with van der Waals surface area (Å²) in [5.41, 5.74) is 1.94. The molecule has 1 aliphatic heterocycles. The van der Waals surface area contributed by atoms with Gasteiger partial charge >= 0.3 is 6.18 Å². The molecule has 30 heavy (non-hydrogen) atoms. The molecule has 1 aromatic carbocycles. The molecule has 1 aliphatic rings. The summed E-state index contributed by atoms with van der Waals surface area (Å²) >= 11 is 0. The Kier molecular flexibility index (Phi) is 9.98. The molecule has 0 aromatic heterocycles. The van der Waals surface area contributed by atoms with Gasteiger partial charge in [-0.1, -0.05) is 0 Å². The number of fused-ring (bicyclic) bond motifs is 1. The maximum atomic E-state index is 12.4. The summed E-state index contributed by atoms with van der Waals surface area (Å²) in [6, 6.07) is 3.87. The fourth-order valence-electron chi connectivity index (χ4n) is 2.96. The van der Waals surface area contributed by atoms with Crippen LogP contribution in [0.2, 0.25) is 0 Å². The quantitative estimate of drug-likeness (QED) is 0.314. The van der Waals surface area contributed by atoms with Gasteiger partial charge < -0.3 is 25.0 Å². The third-order valence-corrected chi connectivity index (χ3v) is 4.30. The van der Waals surface area contributed by atoms with Crippen molar-refractivity contribution in [3.63, 3.8) is 0 Å². The number of carbonyl (C=O) groups excluding carboxylic acids is 1. The van der Waals surface area contributed by atoms with Crippen molar-refractivity contribution in [3.8, 4) is 11.5 Å². The number of benzene rings is 1. The third kappa shape index (κ3) is 7.73. The first-order valence-corrected chi connectivity index (χ1v) is 9.33. The molecule has 0 radical (unpaired) electrons. The first-order chi connectivity index (χ1) is 13.6. The first kappa shape index (κ1) is 26.1. The van der Waals surface area contributed by atoms with Gasteiger partial charge in [0, 0.05) is 38.2 Å². The predicted molar refractivity (Wildman–Crippen MR) is 119 cm³/mol. The van der Waals surface area contributed by atoms with Crippen LogP contribution in [0.5, 0.6) is 11.5 Å². The van der Waals surface area contributed by atoms with Crippen molar-refractivity contribution >= 4 is 35.8 Å². The average Bonchev–Trinajstić information content (AvgIpc) is 2.99. The number of likely N-dealkylation sites (N-methyl/N-ethyl adjacent to an activating group) is 1. The third-order valence-electron chi connectivity index (χ3n) is 4.30. The molecule has 11 heteroatoms. The van der Waals surface area contributed by atoms with Gasteiger partial charge in [0.15, 0.2) is 5.96 Å². The zero-order chi connectivity index (χ0) is 21.6. The van der Waals surface area contributed by atoms with Crippen molar-refractivity contribution in [2.75, 3.05) is 33.8 Å². The van der Waals surface area contributed by atoms with Crippen LogP contribution in [0.15, 0.2) is 17.1 Å². The van der Waals surface area contributed by atoms with Crippen LogP contribution in [0.3, 0.4) is 0 Å². The smallest absolute Gasteiger partial charge is 0.406 e. The number of amides is 1. The summed E-state index contributed by atoms with van der Waals surface area (Å²) in [4.78, 5) is 16.5. The first-order valence-electron chi connectivity index (χ1n) is 9.33. The largest absolute Gasteiger partial charge is 0.494 e. The lowest BCUT2D eigenvalue weighted by molar-refractivity contribution is -0.157. The summed E-state index contributed by atoms with van der Waals surface area (Å²) in [6.45, 7) is 3.13. The van der Waals surface area contributed by atoms with Crippen LogP contribution in [-0.2, 0) is 17.8 Å². The van der Waals surface area contributed by atoms with Gasteiger partial charge in [-0.05, 0) is 26.0 Å². The molecule has 0 spiro atoms. The van der Waals surface area contributed by atoms with Gasteiger partial charge in [0.05, 0.1) is 13.2 Å². The SMILES string of the molecule is CCOc1cc2c(cc1CNC(=NC)NCC(=O)N(C)CC(F)(F)F)OC(C)C2.I. The van der Waals surface area contributed by atoms with Crippen LogP contribution in [0.1, 0.15) is 25.0 Å². The van der Waals surface area contributed by atoms with Crippen molar-refractivity contribution < 1.29 is 27.4 Å². The number of nitrogens with one attached hydrogen (secondary N) is 2. The highest BCUT2D eigenvalue weighted by molar-refractivity contribution is 14.0. The number of aliphatic imine (C=N–C) groups is 1. The second-order valence-electron chi connectivity index (χ2n) is 6.78. The van der Waals surface area contributed by atoms with Gasteiger partial charge in [0.25, 0.3) is 0 Å². The molecular formula is C19H28F3IN4O3. The molecule has 0 bridgehead atoms. The molecule has 0 aliphatic carbocycles. The number of ether oxygens (including phenoxy) is 2. The standard InChI is InChI=1S/C19H27F3N4O3.HI/c1-5-28-15-7-13-6-12(2)29-16(13)8-14(15)9-24-18(23-3)25-10-17(27)26(4)11-19(20,21)22;/h7-8,12H,5-6,9-11H2,1-4H3,(H2,23,24,25);1H. The minimum absolute atomic E-state index is 0. The van der Waals surface area contributed by atoms with Crippen molar-refractivity contribution in [1.29, 1.82) is 0 Å². The number of nitrogens with zero attached hydrogens (tertiary/aromatic N) is 2. The van der Waals surface area contributed by atoms with E-state index in [9.17, 15) is 18.0 Å². The van der Waals surface area contributed by atoms with E-state index >= 15 is 0 Å². The summed E-state index contributed by atoms with van der Waals surface area (Å²) < 4.78 is 48.7. The molecule has 1 heterocycles. The van der Waals surface area contributed by atoms with Gasteiger partial charge in [-0.3, -0.25) is 9.79 Å². The van der Waals surface area contributed by atoms with Crippen molar-refractivity contribution in [3.05, 3.63) is 23.3 Å². The Morgan fingerprint density at radius 1 is 1.37 bits per heavy atom. The van der Waals surface area contributed by atoms with Crippen LogP contribution in [0.25, 0.3) is 0 Å². The van der Waals surface area contributed by atoms with Crippen molar-refractivity contribution in [2.24, 2.45) is 4.99 Å². The maximum absolute atomic E-state index is 12.4. The van der Waals surface area contributed by atoms with E-state index in [0.717, 1.165) is 36.1 Å². The molecule has 7 nitrogen and oxygen atoms in total. The average molecular weight is 544 g/mol. The molecular weight excluding hydrogens is 516 g/mol. The number of hydrogen-bond donors (Lipinski definition) is 2. The number of carbonyl (C=O) groups is 1. The van der Waals surface area contributed by atoms with Gasteiger partial charge in [0.1, 0.15) is 24.1 Å². The Morgan fingerprint density at radius 2 is 2.07 bits per heavy atom. The fourth-order valence-corrected chi connectivity index (χ4v) is 2.96. The number of alkyl halides is 3. The molecule has 1 aromatic rings. The second kappa shape index (κ2) is 11.5. The van der Waals surface area contributed by atoms with Gasteiger partial charge in [-0.2, -0.15) is 13.2 Å². The lowest BCUT2D eigenvalue weighted by atomic mass is 10.1. The van der Waals surface area contributed by atoms with Crippen LogP contribution < -0.4 is 20.1 Å². The van der Waals surface area contributed by atoms with Gasteiger partial charge in [-0.15, -0.1) is 24.0 Å². The molecule has 0 saturated carbocycles. The van der Waals surface area contributed by atoms with E-state index in [1.165, 1.54) is 7.05 Å². The van der Waals surface area contributed by atoms with Crippen LogP contribution >= 0.6 is 24.0 Å². The Labute approximate surface area is 191 Å². The number of halogens is 4. The number of rotatable bonds is 7. The highest BCUT2D eigenvalue weighted by atomic mass is 127. The van der Waals surface area contributed by atoms with E-state index in [1.54, 1.807) is 0 Å². The normalized spacial score (nSPS) is 15.6. The maximum Gasteiger partial charge on any atom is 0.406 e. The number of hydrogen-bond acceptors (Lipinski definition) is 4. The minimum atomic E-state index is -4.44. The van der Waals surface area contributed by atoms with E-state index in [-0.39, 0.29) is 42.6 Å². The zero-order valence-electron chi connectivity index (χ0n) is 17.4. The topological polar surface area (TPSA) is 75.2 Å². The Morgan fingerprint density at radius 3 is 2.67 bits per heavy atom. The van der Waals surface area contributed by atoms with E-state index in [4.69, 9.17) is 9.47 Å². The second-order valence-corrected chi connectivity index (χ2v) is 6.78. The lowest BCUT2D eigenvalue weighted by Crippen LogP contribution is -2.45. The Hall–Kier alpha value is -1.92. The highest BCUT2D eigenvalue weighted by Crippen LogP contribution is 2.35.